The zero-order valence-electron chi connectivity index (χ0n) is 4.24. The maximum Gasteiger partial charge on any atom is 0.385 e. The van der Waals surface area contributed by atoms with Gasteiger partial charge in [0.1, 0.15) is 0 Å². The van der Waals surface area contributed by atoms with Crippen molar-refractivity contribution in [2.75, 3.05) is 12.8 Å². The van der Waals surface area contributed by atoms with Crippen LogP contribution in [0.1, 0.15) is 6.42 Å². The van der Waals surface area contributed by atoms with Gasteiger partial charge in [0, 0.05) is 6.61 Å². The van der Waals surface area contributed by atoms with Crippen LogP contribution in [0.4, 0.5) is 0 Å². The van der Waals surface area contributed by atoms with E-state index in [-0.39, 0.29) is 6.61 Å². The molecule has 4 nitrogen and oxygen atoms in total. The van der Waals surface area contributed by atoms with Crippen molar-refractivity contribution in [3.05, 3.63) is 0 Å². The highest BCUT2D eigenvalue weighted by Gasteiger charge is 2.41. The molecule has 1 aliphatic heterocycles. The predicted molar refractivity (Wildman–Crippen MR) is 26.3 cm³/mol. The van der Waals surface area contributed by atoms with Crippen molar-refractivity contribution in [3.8, 4) is 0 Å². The first kappa shape index (κ1) is 6.23. The number of rotatable bonds is 3. The third kappa shape index (κ3) is 1.56. The maximum atomic E-state index is 10.5. The van der Waals surface area contributed by atoms with Gasteiger partial charge in [-0.2, -0.15) is 0 Å². The van der Waals surface area contributed by atoms with Crippen LogP contribution >= 0.6 is 7.60 Å². The molecule has 0 atom stereocenters. The minimum absolute atomic E-state index is 0.0384. The topological polar surface area (TPSA) is 62.4 Å². The van der Waals surface area contributed by atoms with Gasteiger partial charge in [0.25, 0.3) is 0 Å². The van der Waals surface area contributed by atoms with Gasteiger partial charge >= 0.3 is 7.60 Å². The Bertz CT molecular complexity index is 114. The summed E-state index contributed by atoms with van der Waals surface area (Å²) < 4.78 is 18.8. The van der Waals surface area contributed by atoms with Gasteiger partial charge in [-0.25, -0.2) is 0 Å². The smallest absolute Gasteiger partial charge is 0.385 e. The van der Waals surface area contributed by atoms with Crippen LogP contribution in [-0.2, 0) is 13.9 Å². The van der Waals surface area contributed by atoms with Gasteiger partial charge in [0.05, 0.1) is 6.16 Å². The van der Waals surface area contributed by atoms with E-state index in [1.165, 1.54) is 0 Å². The van der Waals surface area contributed by atoms with E-state index < -0.39 is 7.60 Å². The van der Waals surface area contributed by atoms with Crippen LogP contribution in [-0.4, -0.2) is 17.9 Å². The van der Waals surface area contributed by atoms with Gasteiger partial charge in [0.15, 0.2) is 0 Å². The molecule has 0 spiro atoms. The van der Waals surface area contributed by atoms with Crippen molar-refractivity contribution in [3.63, 3.8) is 0 Å². The quantitative estimate of drug-likeness (QED) is 0.351. The molecule has 1 N–H and O–H groups in total. The van der Waals surface area contributed by atoms with Crippen molar-refractivity contribution < 1.29 is 19.0 Å². The molecule has 48 valence electrons. The van der Waals surface area contributed by atoms with Crippen LogP contribution in [0.2, 0.25) is 0 Å². The SMILES string of the molecule is O=P1(CCCO)OO1. The summed E-state index contributed by atoms with van der Waals surface area (Å²) in [4.78, 5) is 0. The minimum atomic E-state index is -2.59. The molecule has 1 heterocycles. The summed E-state index contributed by atoms with van der Waals surface area (Å²) in [6, 6.07) is 0. The molecule has 1 fully saturated rings. The molecule has 0 saturated carbocycles. The van der Waals surface area contributed by atoms with Gasteiger partial charge in [-0.05, 0) is 6.42 Å². The fourth-order valence-corrected chi connectivity index (χ4v) is 1.35. The van der Waals surface area contributed by atoms with Crippen molar-refractivity contribution in [1.29, 1.82) is 0 Å². The van der Waals surface area contributed by atoms with E-state index in [1.54, 1.807) is 0 Å². The lowest BCUT2D eigenvalue weighted by molar-refractivity contribution is 0.0850. The van der Waals surface area contributed by atoms with Gasteiger partial charge in [-0.3, -0.25) is 4.57 Å². The van der Waals surface area contributed by atoms with E-state index >= 15 is 0 Å². The van der Waals surface area contributed by atoms with Crippen LogP contribution in [0.3, 0.4) is 0 Å². The summed E-state index contributed by atoms with van der Waals surface area (Å²) in [6.07, 6.45) is 0.820. The molecular weight excluding hydrogens is 131 g/mol. The van der Waals surface area contributed by atoms with E-state index in [4.69, 9.17) is 5.11 Å². The molecule has 8 heavy (non-hydrogen) atoms. The Hall–Kier alpha value is 0.110. The molecule has 1 saturated heterocycles. The Labute approximate surface area is 46.9 Å². The highest BCUT2D eigenvalue weighted by Crippen LogP contribution is 2.64. The van der Waals surface area contributed by atoms with Gasteiger partial charge in [-0.1, -0.05) is 0 Å². The van der Waals surface area contributed by atoms with Crippen molar-refractivity contribution in [2.45, 2.75) is 6.42 Å². The Morgan fingerprint density at radius 3 is 2.50 bits per heavy atom. The third-order valence-electron chi connectivity index (χ3n) is 0.831. The minimum Gasteiger partial charge on any atom is -0.396 e. The normalized spacial score (nSPS) is 23.1. The van der Waals surface area contributed by atoms with Crippen molar-refractivity contribution >= 4 is 7.60 Å². The Morgan fingerprint density at radius 1 is 1.50 bits per heavy atom. The lowest BCUT2D eigenvalue weighted by atomic mass is 10.5. The van der Waals surface area contributed by atoms with E-state index in [2.05, 4.69) is 9.35 Å². The highest BCUT2D eigenvalue weighted by molar-refractivity contribution is 7.57. The number of hydrogen-bond donors (Lipinski definition) is 1. The molecule has 0 aromatic heterocycles. The molecule has 0 amide bonds. The fraction of sp³-hybridized carbons (Fsp3) is 1.00. The van der Waals surface area contributed by atoms with Crippen LogP contribution in [0.5, 0.6) is 0 Å². The lowest BCUT2D eigenvalue weighted by Crippen LogP contribution is -1.83. The van der Waals surface area contributed by atoms with E-state index in [0.29, 0.717) is 12.6 Å². The summed E-state index contributed by atoms with van der Waals surface area (Å²) in [5, 5.41) is 8.23. The second kappa shape index (κ2) is 2.15. The van der Waals surface area contributed by atoms with Crippen LogP contribution < -0.4 is 0 Å². The highest BCUT2D eigenvalue weighted by atomic mass is 31.2. The summed E-state index contributed by atoms with van der Waals surface area (Å²) in [7, 11) is -2.59. The molecule has 0 aliphatic carbocycles. The number of hydrogen-bond acceptors (Lipinski definition) is 4. The second-order valence-corrected chi connectivity index (χ2v) is 3.53. The van der Waals surface area contributed by atoms with Gasteiger partial charge in [0.2, 0.25) is 0 Å². The fourth-order valence-electron chi connectivity index (χ4n) is 0.376. The first-order valence-electron chi connectivity index (χ1n) is 2.35. The van der Waals surface area contributed by atoms with Crippen molar-refractivity contribution in [1.82, 2.24) is 0 Å². The molecule has 0 aromatic carbocycles. The lowest BCUT2D eigenvalue weighted by Gasteiger charge is -1.83. The predicted octanol–water partition coefficient (Wildman–Crippen LogP) is 0.524. The monoisotopic (exact) mass is 138 g/mol. The van der Waals surface area contributed by atoms with Gasteiger partial charge in [-0.15, -0.1) is 9.35 Å². The maximum absolute atomic E-state index is 10.5. The average molecular weight is 138 g/mol. The van der Waals surface area contributed by atoms with E-state index in [0.717, 1.165) is 0 Å². The zero-order valence-corrected chi connectivity index (χ0v) is 5.13. The first-order valence-corrected chi connectivity index (χ1v) is 4.07. The number of aliphatic hydroxyl groups is 1. The van der Waals surface area contributed by atoms with E-state index in [9.17, 15) is 4.57 Å². The van der Waals surface area contributed by atoms with Crippen LogP contribution in [0.25, 0.3) is 0 Å². The Morgan fingerprint density at radius 2 is 2.12 bits per heavy atom. The standard InChI is InChI=1S/C3H7O4P/c4-2-1-3-8(5)6-7-8/h4H,1-3H2. The Kier molecular flexibility index (Phi) is 1.68. The first-order chi connectivity index (χ1) is 3.77. The summed E-state index contributed by atoms with van der Waals surface area (Å²) in [5.41, 5.74) is 0. The van der Waals surface area contributed by atoms with Crippen LogP contribution in [0.15, 0.2) is 0 Å². The van der Waals surface area contributed by atoms with Crippen LogP contribution in [0, 0.1) is 0 Å². The molecule has 0 bridgehead atoms. The Balaban J connectivity index is 2.11. The molecule has 0 aromatic rings. The summed E-state index contributed by atoms with van der Waals surface area (Å²) >= 11 is 0. The molecule has 1 aliphatic rings. The zero-order chi connectivity index (χ0) is 6.04. The molecule has 1 rings (SSSR count). The van der Waals surface area contributed by atoms with E-state index in [1.807, 2.05) is 0 Å². The molecule has 0 unspecified atom stereocenters. The summed E-state index contributed by atoms with van der Waals surface area (Å²) in [5.74, 6) is 0. The van der Waals surface area contributed by atoms with Gasteiger partial charge < -0.3 is 5.11 Å². The van der Waals surface area contributed by atoms with Crippen molar-refractivity contribution in [2.24, 2.45) is 0 Å². The third-order valence-corrected chi connectivity index (χ3v) is 2.18. The molecule has 0 radical (unpaired) electrons. The molecule has 5 heteroatoms. The molecular formula is C3H7O4P. The largest absolute Gasteiger partial charge is 0.396 e. The number of aliphatic hydroxyl groups excluding tert-OH is 1. The summed E-state index contributed by atoms with van der Waals surface area (Å²) in [6.45, 7) is 0.0384. The average Bonchev–Trinajstić information content (AvgIpc) is 2.45. The second-order valence-electron chi connectivity index (χ2n) is 1.56.